The summed E-state index contributed by atoms with van der Waals surface area (Å²) >= 11 is 0. The highest BCUT2D eigenvalue weighted by molar-refractivity contribution is 5.78. The Morgan fingerprint density at radius 3 is 2.82 bits per heavy atom. The molecule has 1 aromatic carbocycles. The molecular formula is C16H15FN4O. The van der Waals surface area contributed by atoms with Gasteiger partial charge in [-0.3, -0.25) is 0 Å². The van der Waals surface area contributed by atoms with Gasteiger partial charge in [0.05, 0.1) is 19.4 Å². The van der Waals surface area contributed by atoms with Crippen molar-refractivity contribution < 1.29 is 9.13 Å². The van der Waals surface area contributed by atoms with Crippen molar-refractivity contribution in [3.05, 3.63) is 48.5 Å². The SMILES string of the molecule is Fc1cccc(-c2cnn3c(N4CCOCC4)ccnc23)c1. The van der Waals surface area contributed by atoms with Gasteiger partial charge in [-0.1, -0.05) is 12.1 Å². The molecule has 0 N–H and O–H groups in total. The second kappa shape index (κ2) is 5.38. The van der Waals surface area contributed by atoms with Crippen molar-refractivity contribution in [2.45, 2.75) is 0 Å². The first-order valence-electron chi connectivity index (χ1n) is 7.24. The van der Waals surface area contributed by atoms with Gasteiger partial charge in [0.25, 0.3) is 0 Å². The molecule has 4 rings (SSSR count). The van der Waals surface area contributed by atoms with E-state index in [0.29, 0.717) is 13.2 Å². The molecule has 0 atom stereocenters. The maximum atomic E-state index is 13.5. The molecule has 0 amide bonds. The van der Waals surface area contributed by atoms with Crippen LogP contribution in [0.5, 0.6) is 0 Å². The highest BCUT2D eigenvalue weighted by Crippen LogP contribution is 2.26. The molecule has 2 aromatic heterocycles. The number of aromatic nitrogens is 3. The highest BCUT2D eigenvalue weighted by atomic mass is 19.1. The van der Waals surface area contributed by atoms with Crippen LogP contribution in [-0.2, 0) is 4.74 Å². The van der Waals surface area contributed by atoms with E-state index in [-0.39, 0.29) is 5.82 Å². The van der Waals surface area contributed by atoms with Crippen LogP contribution < -0.4 is 4.90 Å². The van der Waals surface area contributed by atoms with Gasteiger partial charge in [0.2, 0.25) is 0 Å². The molecule has 0 saturated carbocycles. The van der Waals surface area contributed by atoms with E-state index in [1.807, 2.05) is 16.6 Å². The summed E-state index contributed by atoms with van der Waals surface area (Å²) in [5.41, 5.74) is 2.34. The van der Waals surface area contributed by atoms with Crippen molar-refractivity contribution >= 4 is 11.5 Å². The van der Waals surface area contributed by atoms with Crippen molar-refractivity contribution in [2.24, 2.45) is 0 Å². The third-order valence-corrected chi connectivity index (χ3v) is 3.85. The molecule has 6 heteroatoms. The number of nitrogens with zero attached hydrogens (tertiary/aromatic N) is 4. The number of anilines is 1. The van der Waals surface area contributed by atoms with E-state index in [4.69, 9.17) is 4.74 Å². The van der Waals surface area contributed by atoms with E-state index >= 15 is 0 Å². The van der Waals surface area contributed by atoms with Gasteiger partial charge in [-0.25, -0.2) is 9.37 Å². The average Bonchev–Trinajstić information content (AvgIpc) is 3.00. The highest BCUT2D eigenvalue weighted by Gasteiger charge is 2.17. The number of hydrogen-bond acceptors (Lipinski definition) is 4. The summed E-state index contributed by atoms with van der Waals surface area (Å²) in [7, 11) is 0. The van der Waals surface area contributed by atoms with E-state index in [0.717, 1.165) is 35.7 Å². The zero-order valence-electron chi connectivity index (χ0n) is 11.9. The number of fused-ring (bicyclic) bond motifs is 1. The second-order valence-corrected chi connectivity index (χ2v) is 5.21. The third-order valence-electron chi connectivity index (χ3n) is 3.85. The Morgan fingerprint density at radius 2 is 2.00 bits per heavy atom. The fraction of sp³-hybridized carbons (Fsp3) is 0.250. The molecule has 0 unspecified atom stereocenters. The number of ether oxygens (including phenoxy) is 1. The molecule has 1 aliphatic rings. The molecule has 0 aliphatic carbocycles. The van der Waals surface area contributed by atoms with Gasteiger partial charge >= 0.3 is 0 Å². The predicted molar refractivity (Wildman–Crippen MR) is 81.4 cm³/mol. The Hall–Kier alpha value is -2.47. The fourth-order valence-electron chi connectivity index (χ4n) is 2.77. The van der Waals surface area contributed by atoms with Crippen LogP contribution in [0.3, 0.4) is 0 Å². The van der Waals surface area contributed by atoms with E-state index in [2.05, 4.69) is 15.0 Å². The molecule has 0 bridgehead atoms. The fourth-order valence-corrected chi connectivity index (χ4v) is 2.77. The summed E-state index contributed by atoms with van der Waals surface area (Å²) in [4.78, 5) is 6.65. The van der Waals surface area contributed by atoms with E-state index < -0.39 is 0 Å². The molecule has 3 aromatic rings. The quantitative estimate of drug-likeness (QED) is 0.728. The van der Waals surface area contributed by atoms with Crippen LogP contribution in [0.2, 0.25) is 0 Å². The van der Waals surface area contributed by atoms with Gasteiger partial charge in [-0.15, -0.1) is 0 Å². The first kappa shape index (κ1) is 13.2. The smallest absolute Gasteiger partial charge is 0.165 e. The van der Waals surface area contributed by atoms with Crippen LogP contribution in [0.1, 0.15) is 0 Å². The van der Waals surface area contributed by atoms with Crippen LogP contribution in [0.25, 0.3) is 16.8 Å². The first-order chi connectivity index (χ1) is 10.8. The lowest BCUT2D eigenvalue weighted by Crippen LogP contribution is -2.37. The predicted octanol–water partition coefficient (Wildman–Crippen LogP) is 2.37. The molecule has 1 saturated heterocycles. The normalized spacial score (nSPS) is 15.4. The van der Waals surface area contributed by atoms with Crippen molar-refractivity contribution in [3.8, 4) is 11.1 Å². The van der Waals surface area contributed by atoms with Gasteiger partial charge in [-0.05, 0) is 23.8 Å². The van der Waals surface area contributed by atoms with Gasteiger partial charge in [-0.2, -0.15) is 9.61 Å². The summed E-state index contributed by atoms with van der Waals surface area (Å²) in [5.74, 6) is 0.720. The molecule has 5 nitrogen and oxygen atoms in total. The summed E-state index contributed by atoms with van der Waals surface area (Å²) in [6, 6.07) is 8.44. The number of hydrogen-bond donors (Lipinski definition) is 0. The Balaban J connectivity index is 1.83. The molecule has 0 spiro atoms. The van der Waals surface area contributed by atoms with Crippen LogP contribution >= 0.6 is 0 Å². The van der Waals surface area contributed by atoms with Crippen molar-refractivity contribution in [3.63, 3.8) is 0 Å². The van der Waals surface area contributed by atoms with E-state index in [9.17, 15) is 4.39 Å². The number of halogens is 1. The largest absolute Gasteiger partial charge is 0.378 e. The summed E-state index contributed by atoms with van der Waals surface area (Å²) in [6.45, 7) is 3.08. The Kier molecular flexibility index (Phi) is 3.23. The van der Waals surface area contributed by atoms with Gasteiger partial charge < -0.3 is 9.64 Å². The van der Waals surface area contributed by atoms with Gasteiger partial charge in [0.1, 0.15) is 11.6 Å². The zero-order valence-corrected chi connectivity index (χ0v) is 11.9. The van der Waals surface area contributed by atoms with E-state index in [1.165, 1.54) is 12.1 Å². The van der Waals surface area contributed by atoms with Gasteiger partial charge in [0.15, 0.2) is 5.65 Å². The monoisotopic (exact) mass is 298 g/mol. The molecule has 22 heavy (non-hydrogen) atoms. The summed E-state index contributed by atoms with van der Waals surface area (Å²) in [5, 5.41) is 4.45. The molecule has 1 fully saturated rings. The van der Waals surface area contributed by atoms with E-state index in [1.54, 1.807) is 18.5 Å². The number of morpholine rings is 1. The maximum Gasteiger partial charge on any atom is 0.165 e. The van der Waals surface area contributed by atoms with Crippen LogP contribution in [0.15, 0.2) is 42.7 Å². The zero-order chi connectivity index (χ0) is 14.9. The molecule has 1 aliphatic heterocycles. The lowest BCUT2D eigenvalue weighted by Gasteiger charge is -2.28. The van der Waals surface area contributed by atoms with Crippen molar-refractivity contribution in [2.75, 3.05) is 31.2 Å². The molecule has 0 radical (unpaired) electrons. The number of rotatable bonds is 2. The lowest BCUT2D eigenvalue weighted by atomic mass is 10.1. The van der Waals surface area contributed by atoms with Crippen molar-refractivity contribution in [1.82, 2.24) is 14.6 Å². The van der Waals surface area contributed by atoms with Gasteiger partial charge in [0, 0.05) is 24.8 Å². The molecular weight excluding hydrogens is 283 g/mol. The second-order valence-electron chi connectivity index (χ2n) is 5.21. The van der Waals surface area contributed by atoms with Crippen molar-refractivity contribution in [1.29, 1.82) is 0 Å². The third kappa shape index (κ3) is 2.21. The maximum absolute atomic E-state index is 13.5. The summed E-state index contributed by atoms with van der Waals surface area (Å²) in [6.07, 6.45) is 3.51. The average molecular weight is 298 g/mol. The first-order valence-corrected chi connectivity index (χ1v) is 7.24. The van der Waals surface area contributed by atoms with Crippen LogP contribution in [-0.4, -0.2) is 40.9 Å². The standard InChI is InChI=1S/C16H15FN4O/c17-13-3-1-2-12(10-13)14-11-19-21-15(4-5-18-16(14)21)20-6-8-22-9-7-20/h1-5,10-11H,6-9H2. The minimum atomic E-state index is -0.263. The molecule has 3 heterocycles. The number of benzene rings is 1. The minimum Gasteiger partial charge on any atom is -0.378 e. The Labute approximate surface area is 127 Å². The van der Waals surface area contributed by atoms with Crippen LogP contribution in [0.4, 0.5) is 10.2 Å². The van der Waals surface area contributed by atoms with Crippen LogP contribution in [0, 0.1) is 5.82 Å². The molecule has 112 valence electrons. The minimum absolute atomic E-state index is 0.263. The Morgan fingerprint density at radius 1 is 1.14 bits per heavy atom. The topological polar surface area (TPSA) is 42.7 Å². The Bertz CT molecular complexity index is 811. The lowest BCUT2D eigenvalue weighted by molar-refractivity contribution is 0.122. The summed E-state index contributed by atoms with van der Waals surface area (Å²) < 4.78 is 20.7.